The van der Waals surface area contributed by atoms with Gasteiger partial charge in [0, 0.05) is 18.1 Å². The van der Waals surface area contributed by atoms with Crippen LogP contribution in [-0.4, -0.2) is 27.0 Å². The Balaban J connectivity index is 1.95. The molecule has 0 aliphatic carbocycles. The lowest BCUT2D eigenvalue weighted by atomic mass is 10.2. The third kappa shape index (κ3) is 3.35. The summed E-state index contributed by atoms with van der Waals surface area (Å²) in [5, 5.41) is 13.9. The molecule has 0 aliphatic rings. The van der Waals surface area contributed by atoms with Gasteiger partial charge in [-0.3, -0.25) is 4.79 Å². The average Bonchev–Trinajstić information content (AvgIpc) is 2.83. The summed E-state index contributed by atoms with van der Waals surface area (Å²) in [6.45, 7) is 2.11. The Kier molecular flexibility index (Phi) is 3.86. The molecule has 0 aromatic carbocycles. The molecule has 98 valence electrons. The Labute approximate surface area is 113 Å². The van der Waals surface area contributed by atoms with Crippen molar-refractivity contribution < 1.29 is 14.7 Å². The van der Waals surface area contributed by atoms with Gasteiger partial charge in [0.25, 0.3) is 5.91 Å². The van der Waals surface area contributed by atoms with E-state index in [0.29, 0.717) is 5.69 Å². The fraction of sp³-hybridized carbons (Fsp3) is 0.167. The average molecular weight is 277 g/mol. The maximum absolute atomic E-state index is 11.7. The summed E-state index contributed by atoms with van der Waals surface area (Å²) in [5.41, 5.74) is 1.09. The maximum atomic E-state index is 11.7. The highest BCUT2D eigenvalue weighted by atomic mass is 32.1. The Morgan fingerprint density at radius 1 is 1.37 bits per heavy atom. The predicted octanol–water partition coefficient (Wildman–Crippen LogP) is 1.47. The molecule has 19 heavy (non-hydrogen) atoms. The van der Waals surface area contributed by atoms with Crippen LogP contribution in [0.1, 0.15) is 31.5 Å². The lowest BCUT2D eigenvalue weighted by molar-refractivity contribution is 0.0690. The Morgan fingerprint density at radius 3 is 2.68 bits per heavy atom. The van der Waals surface area contributed by atoms with E-state index in [2.05, 4.69) is 15.3 Å². The van der Waals surface area contributed by atoms with Crippen LogP contribution in [0.3, 0.4) is 0 Å². The zero-order chi connectivity index (χ0) is 13.8. The Bertz CT molecular complexity index is 607. The quantitative estimate of drug-likeness (QED) is 0.883. The van der Waals surface area contributed by atoms with Crippen LogP contribution in [0, 0.1) is 6.92 Å². The van der Waals surface area contributed by atoms with Gasteiger partial charge in [-0.05, 0) is 18.6 Å². The summed E-state index contributed by atoms with van der Waals surface area (Å²) in [4.78, 5) is 30.2. The number of hydrogen-bond donors (Lipinski definition) is 2. The molecule has 0 atom stereocenters. The van der Waals surface area contributed by atoms with E-state index in [1.807, 2.05) is 6.92 Å². The largest absolute Gasteiger partial charge is 0.477 e. The Morgan fingerprint density at radius 2 is 2.16 bits per heavy atom. The second-order valence-electron chi connectivity index (χ2n) is 3.79. The summed E-state index contributed by atoms with van der Waals surface area (Å²) >= 11 is 1.41. The number of aromatic nitrogens is 2. The number of rotatable bonds is 4. The monoisotopic (exact) mass is 277 g/mol. The summed E-state index contributed by atoms with van der Waals surface area (Å²) < 4.78 is 0. The second kappa shape index (κ2) is 5.57. The van der Waals surface area contributed by atoms with Crippen molar-refractivity contribution in [2.75, 3.05) is 0 Å². The second-order valence-corrected chi connectivity index (χ2v) is 4.85. The molecule has 2 heterocycles. The van der Waals surface area contributed by atoms with Crippen LogP contribution in [0.5, 0.6) is 0 Å². The highest BCUT2D eigenvalue weighted by molar-refractivity contribution is 7.09. The van der Waals surface area contributed by atoms with Crippen LogP contribution >= 0.6 is 11.3 Å². The van der Waals surface area contributed by atoms with Gasteiger partial charge in [-0.25, -0.2) is 14.8 Å². The first-order valence-electron chi connectivity index (χ1n) is 5.45. The van der Waals surface area contributed by atoms with E-state index in [9.17, 15) is 9.59 Å². The first-order valence-corrected chi connectivity index (χ1v) is 6.33. The lowest BCUT2D eigenvalue weighted by Crippen LogP contribution is -2.23. The first kappa shape index (κ1) is 13.2. The van der Waals surface area contributed by atoms with Crippen molar-refractivity contribution in [3.8, 4) is 0 Å². The molecular formula is C12H11N3O3S. The number of carboxylic acids is 1. The normalized spacial score (nSPS) is 10.2. The van der Waals surface area contributed by atoms with Crippen molar-refractivity contribution in [2.45, 2.75) is 13.5 Å². The van der Waals surface area contributed by atoms with Gasteiger partial charge in [0.2, 0.25) is 0 Å². The summed E-state index contributed by atoms with van der Waals surface area (Å²) in [7, 11) is 0. The van der Waals surface area contributed by atoms with E-state index < -0.39 is 5.97 Å². The number of aromatic carboxylic acids is 1. The summed E-state index contributed by atoms with van der Waals surface area (Å²) in [6, 6.07) is 3.01. The number of thiazole rings is 1. The van der Waals surface area contributed by atoms with Gasteiger partial charge in [-0.2, -0.15) is 0 Å². The molecule has 0 fully saturated rings. The molecule has 0 saturated carbocycles. The Hall–Kier alpha value is -2.28. The van der Waals surface area contributed by atoms with E-state index in [0.717, 1.165) is 10.6 Å². The molecule has 2 aromatic rings. The van der Waals surface area contributed by atoms with Crippen LogP contribution in [0.4, 0.5) is 0 Å². The molecule has 0 unspecified atom stereocenters. The van der Waals surface area contributed by atoms with E-state index in [-0.39, 0.29) is 18.1 Å². The van der Waals surface area contributed by atoms with Gasteiger partial charge in [-0.15, -0.1) is 11.3 Å². The van der Waals surface area contributed by atoms with E-state index in [1.165, 1.54) is 23.6 Å². The smallest absolute Gasteiger partial charge is 0.354 e. The van der Waals surface area contributed by atoms with Gasteiger partial charge < -0.3 is 10.4 Å². The molecule has 0 bridgehead atoms. The highest BCUT2D eigenvalue weighted by Crippen LogP contribution is 2.08. The first-order chi connectivity index (χ1) is 9.06. The SMILES string of the molecule is Cc1nc(C(=O)NCc2ccc(C(=O)O)nc2)cs1. The van der Waals surface area contributed by atoms with Crippen molar-refractivity contribution in [1.29, 1.82) is 0 Å². The van der Waals surface area contributed by atoms with E-state index >= 15 is 0 Å². The van der Waals surface area contributed by atoms with Gasteiger partial charge >= 0.3 is 5.97 Å². The molecule has 1 amide bonds. The molecule has 2 N–H and O–H groups in total. The van der Waals surface area contributed by atoms with Crippen LogP contribution in [0.15, 0.2) is 23.7 Å². The number of aryl methyl sites for hydroxylation is 1. The fourth-order valence-electron chi connectivity index (χ4n) is 1.40. The minimum absolute atomic E-state index is 0.0230. The number of nitrogens with one attached hydrogen (secondary N) is 1. The van der Waals surface area contributed by atoms with Crippen LogP contribution in [0.25, 0.3) is 0 Å². The molecule has 0 spiro atoms. The lowest BCUT2D eigenvalue weighted by Gasteiger charge is -2.03. The molecule has 6 nitrogen and oxygen atoms in total. The zero-order valence-corrected chi connectivity index (χ0v) is 10.9. The van der Waals surface area contributed by atoms with Crippen molar-refractivity contribution in [3.05, 3.63) is 45.7 Å². The topological polar surface area (TPSA) is 92.2 Å². The van der Waals surface area contributed by atoms with E-state index in [4.69, 9.17) is 5.11 Å². The number of carbonyl (C=O) groups excluding carboxylic acids is 1. The number of hydrogen-bond acceptors (Lipinski definition) is 5. The highest BCUT2D eigenvalue weighted by Gasteiger charge is 2.09. The predicted molar refractivity (Wildman–Crippen MR) is 69.2 cm³/mol. The maximum Gasteiger partial charge on any atom is 0.354 e. The number of pyridine rings is 1. The van der Waals surface area contributed by atoms with Crippen LogP contribution < -0.4 is 5.32 Å². The third-order valence-electron chi connectivity index (χ3n) is 2.35. The van der Waals surface area contributed by atoms with Crippen LogP contribution in [-0.2, 0) is 6.54 Å². The molecule has 0 aliphatic heterocycles. The minimum Gasteiger partial charge on any atom is -0.477 e. The van der Waals surface area contributed by atoms with Gasteiger partial charge in [0.05, 0.1) is 5.01 Å². The van der Waals surface area contributed by atoms with E-state index in [1.54, 1.807) is 11.4 Å². The fourth-order valence-corrected chi connectivity index (χ4v) is 1.99. The summed E-state index contributed by atoms with van der Waals surface area (Å²) in [5.74, 6) is -1.33. The molecule has 0 saturated heterocycles. The van der Waals surface area contributed by atoms with Crippen molar-refractivity contribution in [2.24, 2.45) is 0 Å². The number of carbonyl (C=O) groups is 2. The third-order valence-corrected chi connectivity index (χ3v) is 3.12. The van der Waals surface area contributed by atoms with Crippen molar-refractivity contribution in [1.82, 2.24) is 15.3 Å². The minimum atomic E-state index is -1.08. The van der Waals surface area contributed by atoms with Gasteiger partial charge in [0.15, 0.2) is 0 Å². The van der Waals surface area contributed by atoms with Crippen LogP contribution in [0.2, 0.25) is 0 Å². The summed E-state index contributed by atoms with van der Waals surface area (Å²) in [6.07, 6.45) is 1.43. The van der Waals surface area contributed by atoms with Crippen molar-refractivity contribution in [3.63, 3.8) is 0 Å². The molecular weight excluding hydrogens is 266 g/mol. The molecule has 2 rings (SSSR count). The number of carboxylic acid groups (broad SMARTS) is 1. The molecule has 2 aromatic heterocycles. The molecule has 7 heteroatoms. The van der Waals surface area contributed by atoms with Gasteiger partial charge in [0.1, 0.15) is 11.4 Å². The standard InChI is InChI=1S/C12H11N3O3S/c1-7-15-10(6-19-7)11(16)14-5-8-2-3-9(12(17)18)13-4-8/h2-4,6H,5H2,1H3,(H,14,16)(H,17,18). The number of amides is 1. The van der Waals surface area contributed by atoms with Crippen molar-refractivity contribution >= 4 is 23.2 Å². The molecule has 0 radical (unpaired) electrons. The van der Waals surface area contributed by atoms with Gasteiger partial charge in [-0.1, -0.05) is 6.07 Å². The number of nitrogens with zero attached hydrogens (tertiary/aromatic N) is 2. The zero-order valence-electron chi connectivity index (χ0n) is 10.1.